The van der Waals surface area contributed by atoms with Crippen LogP contribution in [0.4, 0.5) is 10.5 Å². The van der Waals surface area contributed by atoms with Gasteiger partial charge in [-0.25, -0.2) is 9.78 Å². The third-order valence-electron chi connectivity index (χ3n) is 3.06. The van der Waals surface area contributed by atoms with Gasteiger partial charge in [0.15, 0.2) is 0 Å². The molecule has 6 nitrogen and oxygen atoms in total. The summed E-state index contributed by atoms with van der Waals surface area (Å²) in [4.78, 5) is 16.6. The lowest BCUT2D eigenvalue weighted by atomic mass is 10.1. The van der Waals surface area contributed by atoms with Crippen LogP contribution in [0.2, 0.25) is 0 Å². The number of carboxylic acid groups (broad SMARTS) is 1. The van der Waals surface area contributed by atoms with Gasteiger partial charge in [-0.3, -0.25) is 0 Å². The van der Waals surface area contributed by atoms with Gasteiger partial charge in [0.25, 0.3) is 0 Å². The Labute approximate surface area is 119 Å². The van der Waals surface area contributed by atoms with Crippen molar-refractivity contribution in [1.82, 2.24) is 9.88 Å². The molecule has 2 heterocycles. The molecule has 1 aliphatic rings. The molecule has 0 saturated carbocycles. The van der Waals surface area contributed by atoms with Gasteiger partial charge in [0.2, 0.25) is 5.88 Å². The van der Waals surface area contributed by atoms with E-state index in [1.807, 2.05) is 6.07 Å². The van der Waals surface area contributed by atoms with E-state index in [1.54, 1.807) is 13.3 Å². The molecule has 1 amide bonds. The fourth-order valence-electron chi connectivity index (χ4n) is 2.18. The van der Waals surface area contributed by atoms with Crippen LogP contribution < -0.4 is 10.1 Å². The number of nitrogens with one attached hydrogen (secondary N) is 1. The molecule has 19 heavy (non-hydrogen) atoms. The van der Waals surface area contributed by atoms with E-state index in [2.05, 4.69) is 26.2 Å². The van der Waals surface area contributed by atoms with Crippen molar-refractivity contribution >= 4 is 27.7 Å². The van der Waals surface area contributed by atoms with E-state index in [9.17, 15) is 4.79 Å². The highest BCUT2D eigenvalue weighted by Gasteiger charge is 2.23. The van der Waals surface area contributed by atoms with Gasteiger partial charge in [-0.2, -0.15) is 0 Å². The van der Waals surface area contributed by atoms with E-state index in [0.717, 1.165) is 23.0 Å². The predicted octanol–water partition coefficient (Wildman–Crippen LogP) is 2.41. The SMILES string of the molecule is COc1ncc(Br)cc1NC1CCCN(C(=O)O)C1. The normalized spacial score (nSPS) is 19.1. The summed E-state index contributed by atoms with van der Waals surface area (Å²) in [5, 5.41) is 12.3. The Morgan fingerprint density at radius 1 is 1.68 bits per heavy atom. The molecule has 1 aromatic rings. The first-order valence-electron chi connectivity index (χ1n) is 6.04. The third-order valence-corrected chi connectivity index (χ3v) is 3.50. The number of hydrogen-bond acceptors (Lipinski definition) is 4. The second kappa shape index (κ2) is 6.10. The Kier molecular flexibility index (Phi) is 4.47. The van der Waals surface area contributed by atoms with Crippen molar-refractivity contribution in [2.45, 2.75) is 18.9 Å². The summed E-state index contributed by atoms with van der Waals surface area (Å²) in [6, 6.07) is 1.96. The maximum atomic E-state index is 11.0. The molecule has 7 heteroatoms. The minimum Gasteiger partial charge on any atom is -0.480 e. The van der Waals surface area contributed by atoms with Gasteiger partial charge in [-0.1, -0.05) is 0 Å². The van der Waals surface area contributed by atoms with Crippen molar-refractivity contribution in [3.8, 4) is 5.88 Å². The van der Waals surface area contributed by atoms with Crippen LogP contribution in [-0.2, 0) is 0 Å². The molecule has 1 unspecified atom stereocenters. The van der Waals surface area contributed by atoms with E-state index in [4.69, 9.17) is 9.84 Å². The standard InChI is InChI=1S/C12H16BrN3O3/c1-19-11-10(5-8(13)6-14-11)15-9-3-2-4-16(7-9)12(17)18/h5-6,9,15H,2-4,7H2,1H3,(H,17,18). The summed E-state index contributed by atoms with van der Waals surface area (Å²) in [5.41, 5.74) is 0.772. The van der Waals surface area contributed by atoms with Crippen molar-refractivity contribution < 1.29 is 14.6 Å². The number of aromatic nitrogens is 1. The highest BCUT2D eigenvalue weighted by atomic mass is 79.9. The van der Waals surface area contributed by atoms with Crippen molar-refractivity contribution in [3.63, 3.8) is 0 Å². The molecule has 0 aliphatic carbocycles. The summed E-state index contributed by atoms with van der Waals surface area (Å²) < 4.78 is 6.04. The highest BCUT2D eigenvalue weighted by Crippen LogP contribution is 2.27. The lowest BCUT2D eigenvalue weighted by molar-refractivity contribution is 0.133. The number of ether oxygens (including phenoxy) is 1. The van der Waals surface area contributed by atoms with E-state index >= 15 is 0 Å². The van der Waals surface area contributed by atoms with E-state index in [-0.39, 0.29) is 6.04 Å². The van der Waals surface area contributed by atoms with Crippen LogP contribution >= 0.6 is 15.9 Å². The van der Waals surface area contributed by atoms with Crippen LogP contribution in [0.5, 0.6) is 5.88 Å². The number of hydrogen-bond donors (Lipinski definition) is 2. The number of methoxy groups -OCH3 is 1. The number of carbonyl (C=O) groups is 1. The Morgan fingerprint density at radius 3 is 3.16 bits per heavy atom. The molecule has 0 spiro atoms. The molecule has 104 valence electrons. The van der Waals surface area contributed by atoms with Crippen molar-refractivity contribution in [3.05, 3.63) is 16.7 Å². The van der Waals surface area contributed by atoms with Gasteiger partial charge in [-0.05, 0) is 34.8 Å². The Bertz CT molecular complexity index is 470. The maximum absolute atomic E-state index is 11.0. The van der Waals surface area contributed by atoms with Gasteiger partial charge in [0.05, 0.1) is 12.8 Å². The van der Waals surface area contributed by atoms with Gasteiger partial charge in [0.1, 0.15) is 0 Å². The first kappa shape index (κ1) is 13.9. The second-order valence-corrected chi connectivity index (χ2v) is 5.34. The monoisotopic (exact) mass is 329 g/mol. The number of likely N-dealkylation sites (tertiary alicyclic amines) is 1. The second-order valence-electron chi connectivity index (χ2n) is 4.42. The average Bonchev–Trinajstić information content (AvgIpc) is 2.39. The molecule has 1 aliphatic heterocycles. The molecule has 1 fully saturated rings. The topological polar surface area (TPSA) is 74.7 Å². The van der Waals surface area contributed by atoms with Gasteiger partial charge < -0.3 is 20.1 Å². The van der Waals surface area contributed by atoms with E-state index in [0.29, 0.717) is 19.0 Å². The van der Waals surface area contributed by atoms with E-state index in [1.165, 1.54) is 4.90 Å². The zero-order valence-electron chi connectivity index (χ0n) is 10.6. The lowest BCUT2D eigenvalue weighted by Gasteiger charge is -2.31. The summed E-state index contributed by atoms with van der Waals surface area (Å²) in [5.74, 6) is 0.510. The smallest absolute Gasteiger partial charge is 0.407 e. The molecule has 0 radical (unpaired) electrons. The largest absolute Gasteiger partial charge is 0.480 e. The highest BCUT2D eigenvalue weighted by molar-refractivity contribution is 9.10. The van der Waals surface area contributed by atoms with Crippen LogP contribution in [0.1, 0.15) is 12.8 Å². The molecule has 1 atom stereocenters. The first-order valence-corrected chi connectivity index (χ1v) is 6.83. The van der Waals surface area contributed by atoms with Crippen molar-refractivity contribution in [2.24, 2.45) is 0 Å². The molecule has 0 bridgehead atoms. The van der Waals surface area contributed by atoms with Crippen LogP contribution in [0.3, 0.4) is 0 Å². The molecular weight excluding hydrogens is 314 g/mol. The number of halogens is 1. The number of piperidine rings is 1. The van der Waals surface area contributed by atoms with E-state index < -0.39 is 6.09 Å². The minimum absolute atomic E-state index is 0.0786. The number of amides is 1. The molecule has 0 aromatic carbocycles. The lowest BCUT2D eigenvalue weighted by Crippen LogP contribution is -2.44. The zero-order valence-corrected chi connectivity index (χ0v) is 12.2. The van der Waals surface area contributed by atoms with Crippen LogP contribution in [0.25, 0.3) is 0 Å². The fraction of sp³-hybridized carbons (Fsp3) is 0.500. The van der Waals surface area contributed by atoms with Crippen LogP contribution in [0.15, 0.2) is 16.7 Å². The Balaban J connectivity index is 2.08. The molecule has 1 aromatic heterocycles. The Hall–Kier alpha value is -1.50. The molecule has 1 saturated heterocycles. The van der Waals surface area contributed by atoms with Crippen molar-refractivity contribution in [1.29, 1.82) is 0 Å². The molecular formula is C12H16BrN3O3. The number of rotatable bonds is 3. The fourth-order valence-corrected chi connectivity index (χ4v) is 2.51. The predicted molar refractivity (Wildman–Crippen MR) is 74.7 cm³/mol. The van der Waals surface area contributed by atoms with Crippen LogP contribution in [-0.4, -0.2) is 47.3 Å². The average molecular weight is 330 g/mol. The quantitative estimate of drug-likeness (QED) is 0.890. The number of anilines is 1. The van der Waals surface area contributed by atoms with Crippen molar-refractivity contribution in [2.75, 3.05) is 25.5 Å². The van der Waals surface area contributed by atoms with Gasteiger partial charge in [0, 0.05) is 29.8 Å². The summed E-state index contributed by atoms with van der Waals surface area (Å²) >= 11 is 3.36. The summed E-state index contributed by atoms with van der Waals surface area (Å²) in [6.45, 7) is 1.08. The minimum atomic E-state index is -0.870. The first-order chi connectivity index (χ1) is 9.10. The summed E-state index contributed by atoms with van der Waals surface area (Å²) in [6.07, 6.45) is 2.58. The zero-order chi connectivity index (χ0) is 13.8. The molecule has 2 N–H and O–H groups in total. The molecule has 2 rings (SSSR count). The number of nitrogens with zero attached hydrogens (tertiary/aromatic N) is 2. The van der Waals surface area contributed by atoms with Gasteiger partial charge in [-0.15, -0.1) is 0 Å². The number of pyridine rings is 1. The third kappa shape index (κ3) is 3.50. The van der Waals surface area contributed by atoms with Crippen LogP contribution in [0, 0.1) is 0 Å². The maximum Gasteiger partial charge on any atom is 0.407 e. The summed E-state index contributed by atoms with van der Waals surface area (Å²) in [7, 11) is 1.56. The van der Waals surface area contributed by atoms with Gasteiger partial charge >= 0.3 is 6.09 Å². The Morgan fingerprint density at radius 2 is 2.47 bits per heavy atom.